The molecule has 6 bridgehead atoms. The lowest BCUT2D eigenvalue weighted by atomic mass is 9.81. The van der Waals surface area contributed by atoms with Gasteiger partial charge in [0.05, 0.1) is 11.3 Å². The van der Waals surface area contributed by atoms with Crippen molar-refractivity contribution in [2.75, 3.05) is 26.2 Å². The van der Waals surface area contributed by atoms with E-state index in [-0.39, 0.29) is 5.91 Å². The Morgan fingerprint density at radius 1 is 1.08 bits per heavy atom. The van der Waals surface area contributed by atoms with E-state index in [1.807, 2.05) is 48.4 Å². The molecule has 2 fully saturated rings. The van der Waals surface area contributed by atoms with Gasteiger partial charge in [0.25, 0.3) is 5.91 Å². The van der Waals surface area contributed by atoms with Crippen molar-refractivity contribution in [2.45, 2.75) is 52.1 Å². The molecule has 1 amide bonds. The number of hydrogen-bond donors (Lipinski definition) is 0. The van der Waals surface area contributed by atoms with Crippen molar-refractivity contribution < 1.29 is 9.53 Å². The third kappa shape index (κ3) is 4.86. The maximum absolute atomic E-state index is 13.8. The van der Waals surface area contributed by atoms with Crippen molar-refractivity contribution in [3.63, 3.8) is 0 Å². The lowest BCUT2D eigenvalue weighted by Gasteiger charge is -2.35. The van der Waals surface area contributed by atoms with E-state index >= 15 is 0 Å². The fourth-order valence-corrected chi connectivity index (χ4v) is 5.69. The number of aryl methyl sites for hydroxylation is 2. The molecule has 0 N–H and O–H groups in total. The number of amides is 1. The fraction of sp³-hybridized carbons (Fsp3) is 0.433. The van der Waals surface area contributed by atoms with Crippen molar-refractivity contribution >= 4 is 5.91 Å². The topological polar surface area (TPSA) is 74.4 Å². The summed E-state index contributed by atoms with van der Waals surface area (Å²) in [6.45, 7) is 6.56. The van der Waals surface area contributed by atoms with Crippen LogP contribution in [0.15, 0.2) is 42.6 Å². The summed E-state index contributed by atoms with van der Waals surface area (Å²) in [5.41, 5.74) is 4.51. The van der Waals surface area contributed by atoms with Crippen LogP contribution in [0, 0.1) is 24.2 Å². The summed E-state index contributed by atoms with van der Waals surface area (Å²) in [4.78, 5) is 22.8. The molecule has 1 saturated heterocycles. The Kier molecular flexibility index (Phi) is 6.43. The Balaban J connectivity index is 1.40. The minimum atomic E-state index is 0.0796. The summed E-state index contributed by atoms with van der Waals surface area (Å²) in [6.07, 6.45) is 7.93. The van der Waals surface area contributed by atoms with Crippen molar-refractivity contribution in [3.8, 4) is 17.6 Å². The van der Waals surface area contributed by atoms with Gasteiger partial charge in [-0.3, -0.25) is 9.69 Å². The number of nitrogens with zero attached hydrogens (tertiary/aromatic N) is 5. The highest BCUT2D eigenvalue weighted by atomic mass is 16.5. The standard InChI is InChI=1S/C30H33N5O2/c1-21-32-18-26-20-33-11-13-34(14-12-33)30(36)28-16-27(10-9-24(28)7-5-22-3-2-4-22)37-29-15-23(19-35(21)26)6-8-25(29)17-31/h6,8-10,15-16,18,22H,2-5,7,11-14,19-20H2,1H3. The molecule has 3 aromatic rings. The van der Waals surface area contributed by atoms with E-state index in [0.717, 1.165) is 66.6 Å². The number of fused-ring (bicyclic) bond motifs is 2. The van der Waals surface area contributed by atoms with Gasteiger partial charge in [-0.05, 0) is 61.1 Å². The first-order valence-corrected chi connectivity index (χ1v) is 13.4. The second kappa shape index (κ2) is 10.0. The summed E-state index contributed by atoms with van der Waals surface area (Å²) in [7, 11) is 0. The van der Waals surface area contributed by atoms with Crippen LogP contribution in [0.3, 0.4) is 0 Å². The van der Waals surface area contributed by atoms with Gasteiger partial charge in [0.15, 0.2) is 0 Å². The molecule has 7 nitrogen and oxygen atoms in total. The zero-order valence-electron chi connectivity index (χ0n) is 21.4. The smallest absolute Gasteiger partial charge is 0.254 e. The average Bonchev–Trinajstić information content (AvgIpc) is 3.22. The fourth-order valence-electron chi connectivity index (χ4n) is 5.69. The van der Waals surface area contributed by atoms with Crippen molar-refractivity contribution in [3.05, 3.63) is 76.4 Å². The highest BCUT2D eigenvalue weighted by Gasteiger charge is 2.26. The molecule has 0 atom stereocenters. The number of benzene rings is 2. The highest BCUT2D eigenvalue weighted by molar-refractivity contribution is 5.96. The number of piperazine rings is 1. The van der Waals surface area contributed by atoms with Gasteiger partial charge in [0.1, 0.15) is 23.4 Å². The van der Waals surface area contributed by atoms with Crippen LogP contribution in [0.5, 0.6) is 11.5 Å². The van der Waals surface area contributed by atoms with Gasteiger partial charge in [-0.1, -0.05) is 31.4 Å². The van der Waals surface area contributed by atoms with Crippen LogP contribution >= 0.6 is 0 Å². The highest BCUT2D eigenvalue weighted by Crippen LogP contribution is 2.33. The molecule has 7 heteroatoms. The van der Waals surface area contributed by atoms with Crippen molar-refractivity contribution in [1.29, 1.82) is 5.26 Å². The lowest BCUT2D eigenvalue weighted by Crippen LogP contribution is -2.48. The van der Waals surface area contributed by atoms with E-state index in [0.29, 0.717) is 36.7 Å². The molecule has 7 rings (SSSR count). The Morgan fingerprint density at radius 3 is 2.68 bits per heavy atom. The Hall–Kier alpha value is -3.63. The number of carbonyl (C=O) groups is 1. The number of nitriles is 1. The van der Waals surface area contributed by atoms with E-state index in [9.17, 15) is 10.1 Å². The largest absolute Gasteiger partial charge is 0.456 e. The van der Waals surface area contributed by atoms with Crippen LogP contribution in [0.4, 0.5) is 0 Å². The minimum Gasteiger partial charge on any atom is -0.456 e. The number of rotatable bonds is 3. The van der Waals surface area contributed by atoms with Crippen LogP contribution in [0.2, 0.25) is 0 Å². The molecule has 1 saturated carbocycles. The van der Waals surface area contributed by atoms with Crippen LogP contribution in [0.1, 0.15) is 64.2 Å². The van der Waals surface area contributed by atoms with Gasteiger partial charge in [-0.25, -0.2) is 4.98 Å². The number of aromatic nitrogens is 2. The van der Waals surface area contributed by atoms with Gasteiger partial charge in [0, 0.05) is 51.0 Å². The number of hydrogen-bond acceptors (Lipinski definition) is 5. The maximum Gasteiger partial charge on any atom is 0.254 e. The summed E-state index contributed by atoms with van der Waals surface area (Å²) in [6, 6.07) is 13.9. The maximum atomic E-state index is 13.8. The first-order valence-electron chi connectivity index (χ1n) is 13.4. The molecule has 4 heterocycles. The molecule has 1 aromatic heterocycles. The molecule has 1 aliphatic carbocycles. The van der Waals surface area contributed by atoms with Crippen LogP contribution in [0.25, 0.3) is 0 Å². The molecule has 0 spiro atoms. The second-order valence-electron chi connectivity index (χ2n) is 10.7. The SMILES string of the molecule is Cc1ncc2n1Cc1ccc(C#N)c(c1)Oc1ccc(CCC3CCC3)c(c1)C(=O)N1CCN(CC1)C2. The van der Waals surface area contributed by atoms with Gasteiger partial charge in [-0.2, -0.15) is 5.26 Å². The van der Waals surface area contributed by atoms with Crippen LogP contribution in [-0.2, 0) is 19.5 Å². The molecular formula is C30H33N5O2. The summed E-state index contributed by atoms with van der Waals surface area (Å²) in [5.74, 6) is 2.92. The van der Waals surface area contributed by atoms with Crippen molar-refractivity contribution in [1.82, 2.24) is 19.4 Å². The quantitative estimate of drug-likeness (QED) is 0.516. The molecule has 0 radical (unpaired) electrons. The van der Waals surface area contributed by atoms with E-state index in [4.69, 9.17) is 4.74 Å². The first kappa shape index (κ1) is 23.7. The summed E-state index contributed by atoms with van der Waals surface area (Å²) < 4.78 is 8.52. The normalized spacial score (nSPS) is 18.2. The molecular weight excluding hydrogens is 462 g/mol. The predicted octanol–water partition coefficient (Wildman–Crippen LogP) is 4.91. The summed E-state index contributed by atoms with van der Waals surface area (Å²) >= 11 is 0. The van der Waals surface area contributed by atoms with Gasteiger partial charge >= 0.3 is 0 Å². The van der Waals surface area contributed by atoms with Crippen LogP contribution in [-0.4, -0.2) is 51.4 Å². The predicted molar refractivity (Wildman–Crippen MR) is 141 cm³/mol. The molecule has 190 valence electrons. The van der Waals surface area contributed by atoms with E-state index in [2.05, 4.69) is 26.6 Å². The molecule has 2 aromatic carbocycles. The number of ether oxygens (including phenoxy) is 1. The molecule has 3 aliphatic heterocycles. The Labute approximate surface area is 218 Å². The number of imidazole rings is 1. The minimum absolute atomic E-state index is 0.0796. The number of carbonyl (C=O) groups excluding carboxylic acids is 1. The average molecular weight is 496 g/mol. The molecule has 0 unspecified atom stereocenters. The summed E-state index contributed by atoms with van der Waals surface area (Å²) in [5, 5.41) is 9.75. The molecule has 37 heavy (non-hydrogen) atoms. The van der Waals surface area contributed by atoms with Gasteiger partial charge in [0.2, 0.25) is 0 Å². The Bertz CT molecular complexity index is 1360. The first-order chi connectivity index (χ1) is 18.1. The Morgan fingerprint density at radius 2 is 1.92 bits per heavy atom. The van der Waals surface area contributed by atoms with Gasteiger partial charge < -0.3 is 14.2 Å². The zero-order chi connectivity index (χ0) is 25.4. The van der Waals surface area contributed by atoms with E-state index in [1.54, 1.807) is 0 Å². The van der Waals surface area contributed by atoms with Crippen LogP contribution < -0.4 is 4.74 Å². The van der Waals surface area contributed by atoms with E-state index in [1.165, 1.54) is 19.3 Å². The molecule has 4 aliphatic rings. The third-order valence-electron chi connectivity index (χ3n) is 8.28. The monoisotopic (exact) mass is 495 g/mol. The second-order valence-corrected chi connectivity index (χ2v) is 10.7. The lowest BCUT2D eigenvalue weighted by molar-refractivity contribution is 0.0624. The zero-order valence-corrected chi connectivity index (χ0v) is 21.4. The third-order valence-corrected chi connectivity index (χ3v) is 8.28. The van der Waals surface area contributed by atoms with Crippen molar-refractivity contribution in [2.24, 2.45) is 5.92 Å². The van der Waals surface area contributed by atoms with E-state index < -0.39 is 0 Å². The van der Waals surface area contributed by atoms with Gasteiger partial charge in [-0.15, -0.1) is 0 Å².